The van der Waals surface area contributed by atoms with Crippen molar-refractivity contribution in [2.45, 2.75) is 32.6 Å². The minimum atomic E-state index is -0.852. The van der Waals surface area contributed by atoms with Crippen molar-refractivity contribution in [3.8, 4) is 0 Å². The highest BCUT2D eigenvalue weighted by molar-refractivity contribution is 5.86. The number of hydrogen-bond acceptors (Lipinski definition) is 3. The highest BCUT2D eigenvalue weighted by atomic mass is 16.4. The molecule has 2 rings (SSSR count). The van der Waals surface area contributed by atoms with Crippen molar-refractivity contribution in [2.75, 3.05) is 26.2 Å². The Labute approximate surface area is 112 Å². The van der Waals surface area contributed by atoms with E-state index in [4.69, 9.17) is 0 Å². The molecule has 1 aliphatic carbocycles. The van der Waals surface area contributed by atoms with Gasteiger partial charge in [0, 0.05) is 39.5 Å². The average molecular weight is 268 g/mol. The SMILES string of the molecule is CC(=O)N1CCN(C(=O)CC2(C(=O)O)CCC2)CC1. The van der Waals surface area contributed by atoms with Gasteiger partial charge in [-0.2, -0.15) is 0 Å². The Morgan fingerprint density at radius 3 is 1.95 bits per heavy atom. The second-order valence-corrected chi connectivity index (χ2v) is 5.50. The van der Waals surface area contributed by atoms with Crippen LogP contribution in [0.25, 0.3) is 0 Å². The Morgan fingerprint density at radius 1 is 1.05 bits per heavy atom. The number of carbonyl (C=O) groups excluding carboxylic acids is 2. The van der Waals surface area contributed by atoms with Gasteiger partial charge in [0.15, 0.2) is 0 Å². The first-order valence-corrected chi connectivity index (χ1v) is 6.71. The van der Waals surface area contributed by atoms with Crippen LogP contribution in [-0.4, -0.2) is 58.9 Å². The first kappa shape index (κ1) is 13.8. The number of rotatable bonds is 3. The smallest absolute Gasteiger partial charge is 0.310 e. The molecule has 6 nitrogen and oxygen atoms in total. The number of hydrogen-bond donors (Lipinski definition) is 1. The maximum absolute atomic E-state index is 12.1. The lowest BCUT2D eigenvalue weighted by atomic mass is 9.66. The third kappa shape index (κ3) is 2.72. The molecule has 1 saturated heterocycles. The van der Waals surface area contributed by atoms with Gasteiger partial charge in [0.05, 0.1) is 5.41 Å². The Hall–Kier alpha value is -1.59. The summed E-state index contributed by atoms with van der Waals surface area (Å²) in [7, 11) is 0. The zero-order valence-electron chi connectivity index (χ0n) is 11.2. The molecule has 1 saturated carbocycles. The van der Waals surface area contributed by atoms with E-state index < -0.39 is 11.4 Å². The molecular weight excluding hydrogens is 248 g/mol. The summed E-state index contributed by atoms with van der Waals surface area (Å²) in [6.45, 7) is 3.62. The molecule has 0 atom stereocenters. The second-order valence-electron chi connectivity index (χ2n) is 5.50. The number of carboxylic acid groups (broad SMARTS) is 1. The van der Waals surface area contributed by atoms with Crippen LogP contribution in [0, 0.1) is 5.41 Å². The third-order valence-corrected chi connectivity index (χ3v) is 4.33. The highest BCUT2D eigenvalue weighted by Crippen LogP contribution is 2.44. The van der Waals surface area contributed by atoms with E-state index in [1.54, 1.807) is 9.80 Å². The first-order valence-electron chi connectivity index (χ1n) is 6.71. The standard InChI is InChI=1S/C13H20N2O4/c1-10(16)14-5-7-15(8-6-14)11(17)9-13(12(18)19)3-2-4-13/h2-9H2,1H3,(H,18,19). The van der Waals surface area contributed by atoms with Crippen LogP contribution in [0.4, 0.5) is 0 Å². The van der Waals surface area contributed by atoms with Crippen molar-refractivity contribution in [1.82, 2.24) is 9.80 Å². The zero-order valence-corrected chi connectivity index (χ0v) is 11.2. The molecule has 0 aromatic heterocycles. The number of carbonyl (C=O) groups is 3. The van der Waals surface area contributed by atoms with E-state index in [1.807, 2.05) is 0 Å². The van der Waals surface area contributed by atoms with E-state index in [2.05, 4.69) is 0 Å². The average Bonchev–Trinajstić information content (AvgIpc) is 2.33. The highest BCUT2D eigenvalue weighted by Gasteiger charge is 2.46. The number of carboxylic acids is 1. The minimum Gasteiger partial charge on any atom is -0.481 e. The van der Waals surface area contributed by atoms with E-state index in [9.17, 15) is 19.5 Å². The van der Waals surface area contributed by atoms with Crippen molar-refractivity contribution in [2.24, 2.45) is 5.41 Å². The van der Waals surface area contributed by atoms with Crippen LogP contribution in [0.5, 0.6) is 0 Å². The molecule has 1 N–H and O–H groups in total. The Kier molecular flexibility index (Phi) is 3.78. The summed E-state index contributed by atoms with van der Waals surface area (Å²) < 4.78 is 0. The molecule has 0 radical (unpaired) electrons. The summed E-state index contributed by atoms with van der Waals surface area (Å²) in [4.78, 5) is 38.0. The van der Waals surface area contributed by atoms with Gasteiger partial charge in [0.25, 0.3) is 0 Å². The van der Waals surface area contributed by atoms with Crippen LogP contribution in [0.2, 0.25) is 0 Å². The normalized spacial score (nSPS) is 21.7. The lowest BCUT2D eigenvalue weighted by Gasteiger charge is -2.40. The van der Waals surface area contributed by atoms with E-state index in [1.165, 1.54) is 6.92 Å². The van der Waals surface area contributed by atoms with E-state index in [0.717, 1.165) is 6.42 Å². The van der Waals surface area contributed by atoms with E-state index in [0.29, 0.717) is 39.0 Å². The molecule has 0 spiro atoms. The number of nitrogens with zero attached hydrogens (tertiary/aromatic N) is 2. The predicted molar refractivity (Wildman–Crippen MR) is 67.4 cm³/mol. The van der Waals surface area contributed by atoms with Crippen molar-refractivity contribution in [1.29, 1.82) is 0 Å². The molecule has 0 aromatic carbocycles. The summed E-state index contributed by atoms with van der Waals surface area (Å²) in [5.74, 6) is -0.923. The lowest BCUT2D eigenvalue weighted by Crippen LogP contribution is -2.52. The van der Waals surface area contributed by atoms with Crippen LogP contribution < -0.4 is 0 Å². The molecule has 2 fully saturated rings. The number of piperazine rings is 1. The molecule has 0 aromatic rings. The van der Waals surface area contributed by atoms with Gasteiger partial charge in [0.2, 0.25) is 11.8 Å². The van der Waals surface area contributed by atoms with E-state index >= 15 is 0 Å². The molecule has 19 heavy (non-hydrogen) atoms. The minimum absolute atomic E-state index is 0.0214. The van der Waals surface area contributed by atoms with Crippen molar-refractivity contribution < 1.29 is 19.5 Å². The second kappa shape index (κ2) is 5.19. The Balaban J connectivity index is 1.88. The van der Waals surface area contributed by atoms with Gasteiger partial charge in [-0.25, -0.2) is 0 Å². The van der Waals surface area contributed by atoms with Gasteiger partial charge < -0.3 is 14.9 Å². The molecular formula is C13H20N2O4. The van der Waals surface area contributed by atoms with Gasteiger partial charge >= 0.3 is 5.97 Å². The lowest BCUT2D eigenvalue weighted by molar-refractivity contribution is -0.160. The van der Waals surface area contributed by atoms with Gasteiger partial charge in [-0.3, -0.25) is 14.4 Å². The molecule has 1 heterocycles. The van der Waals surface area contributed by atoms with Crippen LogP contribution in [0.3, 0.4) is 0 Å². The maximum Gasteiger partial charge on any atom is 0.310 e. The fourth-order valence-corrected chi connectivity index (χ4v) is 2.74. The molecule has 0 bridgehead atoms. The maximum atomic E-state index is 12.1. The van der Waals surface area contributed by atoms with Crippen LogP contribution in [-0.2, 0) is 14.4 Å². The summed E-state index contributed by atoms with van der Waals surface area (Å²) in [5.41, 5.74) is -0.825. The van der Waals surface area contributed by atoms with Crippen LogP contribution in [0.15, 0.2) is 0 Å². The van der Waals surface area contributed by atoms with Crippen LogP contribution in [0.1, 0.15) is 32.6 Å². The number of amides is 2. The topological polar surface area (TPSA) is 77.9 Å². The Morgan fingerprint density at radius 2 is 1.58 bits per heavy atom. The summed E-state index contributed by atoms with van der Waals surface area (Å²) in [6.07, 6.45) is 2.18. The predicted octanol–water partition coefficient (Wildman–Crippen LogP) is 0.322. The third-order valence-electron chi connectivity index (χ3n) is 4.33. The molecule has 2 aliphatic rings. The number of aliphatic carboxylic acids is 1. The van der Waals surface area contributed by atoms with Gasteiger partial charge in [-0.1, -0.05) is 6.42 Å². The monoisotopic (exact) mass is 268 g/mol. The van der Waals surface area contributed by atoms with E-state index in [-0.39, 0.29) is 18.2 Å². The molecule has 1 aliphatic heterocycles. The molecule has 6 heteroatoms. The van der Waals surface area contributed by atoms with Gasteiger partial charge in [-0.05, 0) is 12.8 Å². The summed E-state index contributed by atoms with van der Waals surface area (Å²) in [6, 6.07) is 0. The quantitative estimate of drug-likeness (QED) is 0.799. The fraction of sp³-hybridized carbons (Fsp3) is 0.769. The fourth-order valence-electron chi connectivity index (χ4n) is 2.74. The van der Waals surface area contributed by atoms with Crippen molar-refractivity contribution in [3.63, 3.8) is 0 Å². The molecule has 2 amide bonds. The molecule has 0 unspecified atom stereocenters. The zero-order chi connectivity index (χ0) is 14.0. The van der Waals surface area contributed by atoms with Crippen molar-refractivity contribution in [3.05, 3.63) is 0 Å². The first-order chi connectivity index (χ1) is 8.94. The summed E-state index contributed by atoms with van der Waals surface area (Å²) in [5, 5.41) is 9.22. The van der Waals surface area contributed by atoms with Crippen molar-refractivity contribution >= 4 is 17.8 Å². The van der Waals surface area contributed by atoms with Gasteiger partial charge in [0.1, 0.15) is 0 Å². The summed E-state index contributed by atoms with van der Waals surface area (Å²) >= 11 is 0. The van der Waals surface area contributed by atoms with Crippen LogP contribution >= 0.6 is 0 Å². The Bertz CT molecular complexity index is 395. The van der Waals surface area contributed by atoms with Gasteiger partial charge in [-0.15, -0.1) is 0 Å². The largest absolute Gasteiger partial charge is 0.481 e. The molecule has 106 valence electrons.